The van der Waals surface area contributed by atoms with Crippen LogP contribution < -0.4 is 5.32 Å². The second-order valence-electron chi connectivity index (χ2n) is 4.02. The number of unbranched alkanes of at least 4 members (excludes halogenated alkanes) is 1. The van der Waals surface area contributed by atoms with Crippen molar-refractivity contribution in [2.45, 2.75) is 52.5 Å². The van der Waals surface area contributed by atoms with Gasteiger partial charge < -0.3 is 5.32 Å². The van der Waals surface area contributed by atoms with Crippen molar-refractivity contribution in [1.82, 2.24) is 9.97 Å². The largest absolute Gasteiger partial charge is 0.365 e. The first-order valence-electron chi connectivity index (χ1n) is 5.94. The third kappa shape index (κ3) is 3.43. The maximum Gasteiger partial charge on any atom is 0.186 e. The van der Waals surface area contributed by atoms with Crippen molar-refractivity contribution < 1.29 is 4.39 Å². The van der Waals surface area contributed by atoms with Gasteiger partial charge in [0.25, 0.3) is 0 Å². The summed E-state index contributed by atoms with van der Waals surface area (Å²) in [5, 5.41) is 3.09. The van der Waals surface area contributed by atoms with Crippen molar-refractivity contribution in [2.75, 3.05) is 5.32 Å². The highest BCUT2D eigenvalue weighted by Crippen LogP contribution is 2.15. The van der Waals surface area contributed by atoms with Crippen LogP contribution in [-0.4, -0.2) is 16.0 Å². The minimum absolute atomic E-state index is 0.244. The SMILES string of the molecule is CCCCC(C)Nc1ncnc(CC)c1F. The molecule has 0 radical (unpaired) electrons. The second-order valence-corrected chi connectivity index (χ2v) is 4.02. The summed E-state index contributed by atoms with van der Waals surface area (Å²) in [6.45, 7) is 6.08. The zero-order valence-corrected chi connectivity index (χ0v) is 10.3. The van der Waals surface area contributed by atoms with Gasteiger partial charge in [-0.05, 0) is 19.8 Å². The van der Waals surface area contributed by atoms with Crippen molar-refractivity contribution in [3.8, 4) is 0 Å². The van der Waals surface area contributed by atoms with Gasteiger partial charge in [0, 0.05) is 6.04 Å². The van der Waals surface area contributed by atoms with E-state index in [-0.39, 0.29) is 11.9 Å². The van der Waals surface area contributed by atoms with Gasteiger partial charge in [-0.25, -0.2) is 14.4 Å². The topological polar surface area (TPSA) is 37.8 Å². The minimum atomic E-state index is -0.312. The Morgan fingerprint density at radius 1 is 1.38 bits per heavy atom. The fourth-order valence-electron chi connectivity index (χ4n) is 1.57. The summed E-state index contributed by atoms with van der Waals surface area (Å²) in [6, 6.07) is 0.244. The molecule has 1 heterocycles. The second kappa shape index (κ2) is 6.40. The Kier molecular flexibility index (Phi) is 5.15. The van der Waals surface area contributed by atoms with Crippen LogP contribution in [0.2, 0.25) is 0 Å². The Morgan fingerprint density at radius 2 is 2.12 bits per heavy atom. The molecule has 0 fully saturated rings. The van der Waals surface area contributed by atoms with Crippen LogP contribution in [0.5, 0.6) is 0 Å². The van der Waals surface area contributed by atoms with E-state index in [1.54, 1.807) is 0 Å². The van der Waals surface area contributed by atoms with Crippen molar-refractivity contribution >= 4 is 5.82 Å². The van der Waals surface area contributed by atoms with Gasteiger partial charge in [-0.3, -0.25) is 0 Å². The average Bonchev–Trinajstić information content (AvgIpc) is 2.29. The first-order chi connectivity index (χ1) is 7.69. The van der Waals surface area contributed by atoms with Crippen molar-refractivity contribution in [3.63, 3.8) is 0 Å². The number of aromatic nitrogens is 2. The molecule has 0 aliphatic carbocycles. The van der Waals surface area contributed by atoms with E-state index in [1.807, 2.05) is 13.8 Å². The lowest BCUT2D eigenvalue weighted by Gasteiger charge is -2.14. The molecule has 0 aliphatic heterocycles. The zero-order valence-electron chi connectivity index (χ0n) is 10.3. The summed E-state index contributed by atoms with van der Waals surface area (Å²) >= 11 is 0. The van der Waals surface area contributed by atoms with Crippen LogP contribution in [0.15, 0.2) is 6.33 Å². The van der Waals surface area contributed by atoms with Crippen LogP contribution in [0, 0.1) is 5.82 Å². The number of rotatable bonds is 6. The number of hydrogen-bond acceptors (Lipinski definition) is 3. The zero-order chi connectivity index (χ0) is 12.0. The van der Waals surface area contributed by atoms with Gasteiger partial charge in [0.15, 0.2) is 11.6 Å². The molecular formula is C12H20FN3. The van der Waals surface area contributed by atoms with Gasteiger partial charge >= 0.3 is 0 Å². The molecule has 0 bridgehead atoms. The summed E-state index contributed by atoms with van der Waals surface area (Å²) < 4.78 is 13.8. The molecule has 1 aromatic rings. The molecule has 1 N–H and O–H groups in total. The molecule has 1 unspecified atom stereocenters. The molecule has 3 nitrogen and oxygen atoms in total. The first-order valence-corrected chi connectivity index (χ1v) is 5.94. The number of nitrogens with one attached hydrogen (secondary N) is 1. The summed E-state index contributed by atoms with van der Waals surface area (Å²) in [4.78, 5) is 7.84. The Balaban J connectivity index is 2.66. The van der Waals surface area contributed by atoms with Gasteiger partial charge in [-0.2, -0.15) is 0 Å². The predicted octanol–water partition coefficient (Wildman–Crippen LogP) is 3.17. The van der Waals surface area contributed by atoms with Gasteiger partial charge in [-0.15, -0.1) is 0 Å². The first kappa shape index (κ1) is 12.9. The highest BCUT2D eigenvalue weighted by molar-refractivity contribution is 5.38. The summed E-state index contributed by atoms with van der Waals surface area (Å²) in [5.41, 5.74) is 0.472. The summed E-state index contributed by atoms with van der Waals surface area (Å²) in [6.07, 6.45) is 5.32. The van der Waals surface area contributed by atoms with E-state index >= 15 is 0 Å². The quantitative estimate of drug-likeness (QED) is 0.808. The third-order valence-electron chi connectivity index (χ3n) is 2.57. The molecule has 0 spiro atoms. The lowest BCUT2D eigenvalue weighted by atomic mass is 10.1. The summed E-state index contributed by atoms with van der Waals surface area (Å²) in [5.74, 6) is 0.0174. The molecule has 0 amide bonds. The molecular weight excluding hydrogens is 205 g/mol. The van der Waals surface area contributed by atoms with Gasteiger partial charge in [0.2, 0.25) is 0 Å². The molecule has 0 saturated heterocycles. The van der Waals surface area contributed by atoms with Crippen LogP contribution in [-0.2, 0) is 6.42 Å². The Bertz CT molecular complexity index is 328. The van der Waals surface area contributed by atoms with E-state index in [0.717, 1.165) is 19.3 Å². The van der Waals surface area contributed by atoms with Crippen LogP contribution in [0.25, 0.3) is 0 Å². The molecule has 90 valence electrons. The predicted molar refractivity (Wildman–Crippen MR) is 64.0 cm³/mol. The van der Waals surface area contributed by atoms with Gasteiger partial charge in [0.05, 0.1) is 5.69 Å². The monoisotopic (exact) mass is 225 g/mol. The molecule has 1 rings (SSSR count). The van der Waals surface area contributed by atoms with Crippen molar-refractivity contribution in [3.05, 3.63) is 17.8 Å². The van der Waals surface area contributed by atoms with Crippen LogP contribution >= 0.6 is 0 Å². The van der Waals surface area contributed by atoms with Gasteiger partial charge in [-0.1, -0.05) is 26.7 Å². The Morgan fingerprint density at radius 3 is 2.75 bits per heavy atom. The number of anilines is 1. The average molecular weight is 225 g/mol. The number of halogens is 1. The molecule has 1 aromatic heterocycles. The van der Waals surface area contributed by atoms with E-state index in [2.05, 4.69) is 22.2 Å². The Hall–Kier alpha value is -1.19. The third-order valence-corrected chi connectivity index (χ3v) is 2.57. The van der Waals surface area contributed by atoms with Crippen LogP contribution in [0.1, 0.15) is 45.7 Å². The maximum absolute atomic E-state index is 13.8. The molecule has 0 saturated carbocycles. The number of hydrogen-bond donors (Lipinski definition) is 1. The Labute approximate surface area is 96.5 Å². The molecule has 0 aromatic carbocycles. The lowest BCUT2D eigenvalue weighted by Crippen LogP contribution is -2.17. The maximum atomic E-state index is 13.8. The fraction of sp³-hybridized carbons (Fsp3) is 0.667. The minimum Gasteiger partial charge on any atom is -0.365 e. The van der Waals surface area contributed by atoms with E-state index in [1.165, 1.54) is 6.33 Å². The lowest BCUT2D eigenvalue weighted by molar-refractivity contribution is 0.585. The standard InChI is InChI=1S/C12H20FN3/c1-4-6-7-9(3)16-12-11(13)10(5-2)14-8-15-12/h8-9H,4-7H2,1-3H3,(H,14,15,16). The molecule has 4 heteroatoms. The number of nitrogens with zero attached hydrogens (tertiary/aromatic N) is 2. The number of aryl methyl sites for hydroxylation is 1. The molecule has 1 atom stereocenters. The van der Waals surface area contributed by atoms with E-state index in [4.69, 9.17) is 0 Å². The summed E-state index contributed by atoms with van der Waals surface area (Å²) in [7, 11) is 0. The molecule has 0 aliphatic rings. The van der Waals surface area contributed by atoms with E-state index in [0.29, 0.717) is 17.9 Å². The molecule has 16 heavy (non-hydrogen) atoms. The highest BCUT2D eigenvalue weighted by Gasteiger charge is 2.11. The highest BCUT2D eigenvalue weighted by atomic mass is 19.1. The van der Waals surface area contributed by atoms with E-state index < -0.39 is 0 Å². The van der Waals surface area contributed by atoms with Crippen molar-refractivity contribution in [2.24, 2.45) is 0 Å². The van der Waals surface area contributed by atoms with Crippen molar-refractivity contribution in [1.29, 1.82) is 0 Å². The fourth-order valence-corrected chi connectivity index (χ4v) is 1.57. The smallest absolute Gasteiger partial charge is 0.186 e. The normalized spacial score (nSPS) is 12.5. The van der Waals surface area contributed by atoms with Crippen LogP contribution in [0.3, 0.4) is 0 Å². The van der Waals surface area contributed by atoms with Gasteiger partial charge in [0.1, 0.15) is 6.33 Å². The van der Waals surface area contributed by atoms with E-state index in [9.17, 15) is 4.39 Å². The van der Waals surface area contributed by atoms with Crippen LogP contribution in [0.4, 0.5) is 10.2 Å².